The molecule has 0 radical (unpaired) electrons. The summed E-state index contributed by atoms with van der Waals surface area (Å²) in [7, 11) is 2.85. The lowest BCUT2D eigenvalue weighted by atomic mass is 9.79. The molecule has 0 saturated heterocycles. The molecule has 0 amide bonds. The molecule has 162 valence electrons. The van der Waals surface area contributed by atoms with Crippen molar-refractivity contribution >= 4 is 11.8 Å². The van der Waals surface area contributed by atoms with Crippen LogP contribution in [0.25, 0.3) is 0 Å². The van der Waals surface area contributed by atoms with E-state index in [1.165, 1.54) is 7.11 Å². The first-order chi connectivity index (χ1) is 15.0. The van der Waals surface area contributed by atoms with Crippen LogP contribution in [0.15, 0.2) is 63.6 Å². The number of Topliss-reactive ketones (excluding diaryl/α,β-unsaturated/α-hetero) is 1. The summed E-state index contributed by atoms with van der Waals surface area (Å²) in [6.07, 6.45) is 1.62. The molecule has 8 heteroatoms. The highest BCUT2D eigenvalue weighted by molar-refractivity contribution is 6.03. The topological polar surface area (TPSA) is 110 Å². The van der Waals surface area contributed by atoms with Gasteiger partial charge in [-0.15, -0.1) is 0 Å². The molecular weight excluding hydrogens is 402 g/mol. The van der Waals surface area contributed by atoms with Crippen molar-refractivity contribution < 1.29 is 33.0 Å². The molecule has 8 nitrogen and oxygen atoms in total. The molecule has 1 aromatic heterocycles. The molecule has 4 rings (SSSR count). The van der Waals surface area contributed by atoms with Gasteiger partial charge in [-0.05, 0) is 42.8 Å². The SMILES string of the molecule is COC(=O)C1=C(N)OC2=C(C(=O)CCC2)C1c1ccc(COc2ccc(OC)cc2)o1. The van der Waals surface area contributed by atoms with Crippen LogP contribution in [-0.4, -0.2) is 26.0 Å². The van der Waals surface area contributed by atoms with E-state index in [0.717, 1.165) is 5.75 Å². The molecule has 1 atom stereocenters. The molecule has 2 N–H and O–H groups in total. The molecule has 31 heavy (non-hydrogen) atoms. The summed E-state index contributed by atoms with van der Waals surface area (Å²) >= 11 is 0. The van der Waals surface area contributed by atoms with Crippen molar-refractivity contribution in [2.45, 2.75) is 31.8 Å². The average Bonchev–Trinajstić information content (AvgIpc) is 3.25. The van der Waals surface area contributed by atoms with Crippen LogP contribution in [-0.2, 0) is 25.7 Å². The van der Waals surface area contributed by atoms with Crippen LogP contribution >= 0.6 is 0 Å². The van der Waals surface area contributed by atoms with E-state index in [1.54, 1.807) is 43.5 Å². The Kier molecular flexibility index (Phi) is 5.70. The molecule has 2 heterocycles. The molecule has 1 aliphatic heterocycles. The predicted octanol–water partition coefficient (Wildman–Crippen LogP) is 3.33. The highest BCUT2D eigenvalue weighted by Gasteiger charge is 2.42. The summed E-state index contributed by atoms with van der Waals surface area (Å²) in [6.45, 7) is 0.169. The standard InChI is InChI=1S/C23H23NO7/c1-27-13-6-8-14(9-7-13)29-12-15-10-11-18(30-15)20-19-16(25)4-3-5-17(19)31-22(24)21(20)23(26)28-2/h6-11,20H,3-5,12,24H2,1-2H3. The number of ketones is 1. The molecule has 1 aliphatic carbocycles. The van der Waals surface area contributed by atoms with Crippen LogP contribution in [0.3, 0.4) is 0 Å². The third kappa shape index (κ3) is 4.01. The minimum atomic E-state index is -0.779. The van der Waals surface area contributed by atoms with Crippen LogP contribution in [0.5, 0.6) is 11.5 Å². The Morgan fingerprint density at radius 1 is 1.10 bits per heavy atom. The minimum Gasteiger partial charge on any atom is -0.497 e. The van der Waals surface area contributed by atoms with Crippen LogP contribution < -0.4 is 15.2 Å². The molecule has 2 aromatic rings. The molecule has 0 bridgehead atoms. The molecule has 0 fully saturated rings. The Bertz CT molecular complexity index is 1060. The lowest BCUT2D eigenvalue weighted by molar-refractivity contribution is -0.136. The quantitative estimate of drug-likeness (QED) is 0.702. The number of esters is 1. The first kappa shape index (κ1) is 20.6. The number of carbonyl (C=O) groups is 2. The summed E-state index contributed by atoms with van der Waals surface area (Å²) in [6, 6.07) is 10.6. The summed E-state index contributed by atoms with van der Waals surface area (Å²) in [4.78, 5) is 25.2. The van der Waals surface area contributed by atoms with Gasteiger partial charge in [0.1, 0.15) is 41.0 Å². The fraction of sp³-hybridized carbons (Fsp3) is 0.304. The van der Waals surface area contributed by atoms with Crippen molar-refractivity contribution in [3.63, 3.8) is 0 Å². The number of rotatable bonds is 6. The monoisotopic (exact) mass is 425 g/mol. The van der Waals surface area contributed by atoms with Gasteiger partial charge in [-0.25, -0.2) is 4.79 Å². The number of hydrogen-bond acceptors (Lipinski definition) is 8. The van der Waals surface area contributed by atoms with Gasteiger partial charge in [0.15, 0.2) is 5.78 Å². The first-order valence-electron chi connectivity index (χ1n) is 9.89. The van der Waals surface area contributed by atoms with E-state index in [0.29, 0.717) is 47.9 Å². The van der Waals surface area contributed by atoms with Crippen molar-refractivity contribution in [2.24, 2.45) is 5.73 Å². The smallest absolute Gasteiger partial charge is 0.340 e. The van der Waals surface area contributed by atoms with E-state index in [1.807, 2.05) is 0 Å². The fourth-order valence-electron chi connectivity index (χ4n) is 3.80. The predicted molar refractivity (Wildman–Crippen MR) is 109 cm³/mol. The molecule has 1 unspecified atom stereocenters. The number of carbonyl (C=O) groups excluding carboxylic acids is 2. The largest absolute Gasteiger partial charge is 0.497 e. The van der Waals surface area contributed by atoms with Crippen molar-refractivity contribution in [3.05, 3.63) is 70.7 Å². The minimum absolute atomic E-state index is 0.0634. The number of hydrogen-bond donors (Lipinski definition) is 1. The van der Waals surface area contributed by atoms with E-state index < -0.39 is 11.9 Å². The third-order valence-electron chi connectivity index (χ3n) is 5.30. The Morgan fingerprint density at radius 2 is 1.84 bits per heavy atom. The van der Waals surface area contributed by atoms with E-state index in [4.69, 9.17) is 29.1 Å². The third-order valence-corrected chi connectivity index (χ3v) is 5.30. The van der Waals surface area contributed by atoms with Crippen molar-refractivity contribution in [1.82, 2.24) is 0 Å². The van der Waals surface area contributed by atoms with Gasteiger partial charge in [-0.2, -0.15) is 0 Å². The summed E-state index contributed by atoms with van der Waals surface area (Å²) in [5.41, 5.74) is 6.50. The van der Waals surface area contributed by atoms with Crippen molar-refractivity contribution in [3.8, 4) is 11.5 Å². The van der Waals surface area contributed by atoms with Crippen molar-refractivity contribution in [1.29, 1.82) is 0 Å². The summed E-state index contributed by atoms with van der Waals surface area (Å²) in [5.74, 6) is 1.20. The normalized spacial score (nSPS) is 18.4. The zero-order valence-electron chi connectivity index (χ0n) is 17.3. The lowest BCUT2D eigenvalue weighted by Crippen LogP contribution is -2.31. The Morgan fingerprint density at radius 3 is 2.55 bits per heavy atom. The maximum Gasteiger partial charge on any atom is 0.340 e. The number of ether oxygens (including phenoxy) is 4. The number of furan rings is 1. The fourth-order valence-corrected chi connectivity index (χ4v) is 3.80. The second kappa shape index (κ2) is 8.59. The summed E-state index contributed by atoms with van der Waals surface area (Å²) < 4.78 is 27.4. The average molecular weight is 425 g/mol. The Labute approximate surface area is 179 Å². The number of methoxy groups -OCH3 is 2. The van der Waals surface area contributed by atoms with Gasteiger partial charge < -0.3 is 29.1 Å². The second-order valence-electron chi connectivity index (χ2n) is 7.19. The van der Waals surface area contributed by atoms with Crippen LogP contribution in [0, 0.1) is 0 Å². The maximum absolute atomic E-state index is 12.7. The number of nitrogens with two attached hydrogens (primary N) is 1. The molecule has 0 spiro atoms. The van der Waals surface area contributed by atoms with Gasteiger partial charge in [0.05, 0.1) is 20.1 Å². The zero-order chi connectivity index (χ0) is 22.0. The van der Waals surface area contributed by atoms with Crippen molar-refractivity contribution in [2.75, 3.05) is 14.2 Å². The second-order valence-corrected chi connectivity index (χ2v) is 7.19. The van der Waals surface area contributed by atoms with E-state index >= 15 is 0 Å². The van der Waals surface area contributed by atoms with E-state index in [-0.39, 0.29) is 23.8 Å². The number of allylic oxidation sites excluding steroid dienone is 2. The Hall–Kier alpha value is -3.68. The highest BCUT2D eigenvalue weighted by atomic mass is 16.5. The van der Waals surface area contributed by atoms with Crippen LogP contribution in [0.2, 0.25) is 0 Å². The highest BCUT2D eigenvalue weighted by Crippen LogP contribution is 2.44. The van der Waals surface area contributed by atoms with E-state index in [2.05, 4.69) is 0 Å². The van der Waals surface area contributed by atoms with Gasteiger partial charge in [0, 0.05) is 18.4 Å². The van der Waals surface area contributed by atoms with Gasteiger partial charge in [0.25, 0.3) is 0 Å². The molecular formula is C23H23NO7. The van der Waals surface area contributed by atoms with Gasteiger partial charge >= 0.3 is 5.97 Å². The molecule has 1 aromatic carbocycles. The maximum atomic E-state index is 12.7. The zero-order valence-corrected chi connectivity index (χ0v) is 17.3. The van der Waals surface area contributed by atoms with E-state index in [9.17, 15) is 9.59 Å². The van der Waals surface area contributed by atoms with Gasteiger partial charge in [-0.1, -0.05) is 0 Å². The van der Waals surface area contributed by atoms with Gasteiger partial charge in [-0.3, -0.25) is 4.79 Å². The first-order valence-corrected chi connectivity index (χ1v) is 9.89. The number of benzene rings is 1. The van der Waals surface area contributed by atoms with Crippen LogP contribution in [0.4, 0.5) is 0 Å². The lowest BCUT2D eigenvalue weighted by Gasteiger charge is -2.30. The molecule has 2 aliphatic rings. The van der Waals surface area contributed by atoms with Gasteiger partial charge in [0.2, 0.25) is 5.88 Å². The van der Waals surface area contributed by atoms with Crippen LogP contribution in [0.1, 0.15) is 36.7 Å². The molecule has 0 saturated carbocycles. The summed E-state index contributed by atoms with van der Waals surface area (Å²) in [5, 5.41) is 0. The Balaban J connectivity index is 1.61.